The minimum atomic E-state index is -0.279. The summed E-state index contributed by atoms with van der Waals surface area (Å²) in [7, 11) is 0. The molecule has 0 atom stereocenters. The largest absolute Gasteiger partial charge is 0.370 e. The Hall–Kier alpha value is -2.60. The van der Waals surface area contributed by atoms with Gasteiger partial charge >= 0.3 is 0 Å². The van der Waals surface area contributed by atoms with Crippen LogP contribution in [0.2, 0.25) is 0 Å². The summed E-state index contributed by atoms with van der Waals surface area (Å²) in [6.45, 7) is 7.20. The van der Waals surface area contributed by atoms with Crippen molar-refractivity contribution < 1.29 is 4.79 Å². The van der Waals surface area contributed by atoms with Gasteiger partial charge in [-0.25, -0.2) is 4.98 Å². The van der Waals surface area contributed by atoms with Gasteiger partial charge in [0.15, 0.2) is 5.16 Å². The lowest BCUT2D eigenvalue weighted by atomic mass is 9.87. The molecule has 1 amide bonds. The number of nitrogens with zero attached hydrogens (tertiary/aromatic N) is 2. The van der Waals surface area contributed by atoms with Crippen molar-refractivity contribution in [3.63, 3.8) is 0 Å². The van der Waals surface area contributed by atoms with Crippen molar-refractivity contribution in [3.05, 3.63) is 70.0 Å². The summed E-state index contributed by atoms with van der Waals surface area (Å²) in [4.78, 5) is 28.8. The van der Waals surface area contributed by atoms with Crippen LogP contribution in [0.3, 0.4) is 0 Å². The molecule has 0 radical (unpaired) electrons. The summed E-state index contributed by atoms with van der Waals surface area (Å²) < 4.78 is 1.78. The molecule has 31 heavy (non-hydrogen) atoms. The van der Waals surface area contributed by atoms with Crippen LogP contribution >= 0.6 is 11.8 Å². The summed E-state index contributed by atoms with van der Waals surface area (Å²) in [6, 6.07) is 16.1. The lowest BCUT2D eigenvalue weighted by Crippen LogP contribution is -2.23. The molecule has 2 aromatic carbocycles. The Kier molecular flexibility index (Phi) is 7.55. The molecule has 0 bridgehead atoms. The van der Waals surface area contributed by atoms with E-state index in [1.54, 1.807) is 16.3 Å². The number of aromatic nitrogens is 2. The summed E-state index contributed by atoms with van der Waals surface area (Å²) >= 11 is 1.59. The van der Waals surface area contributed by atoms with Gasteiger partial charge in [-0.2, -0.15) is 0 Å². The van der Waals surface area contributed by atoms with Crippen molar-refractivity contribution in [2.75, 3.05) is 0 Å². The Labute approximate surface area is 188 Å². The second kappa shape index (κ2) is 10.1. The Morgan fingerprint density at radius 2 is 1.74 bits per heavy atom. The van der Waals surface area contributed by atoms with Crippen LogP contribution in [0.15, 0.2) is 58.5 Å². The van der Waals surface area contributed by atoms with E-state index in [1.165, 1.54) is 11.1 Å². The van der Waals surface area contributed by atoms with Crippen LogP contribution in [0.4, 0.5) is 0 Å². The van der Waals surface area contributed by atoms with Gasteiger partial charge in [-0.15, -0.1) is 0 Å². The molecule has 2 N–H and O–H groups in total. The molecular weight excluding hydrogens is 406 g/mol. The minimum absolute atomic E-state index is 0.00826. The second-order valence-corrected chi connectivity index (χ2v) is 9.82. The number of carbonyl (C=O) groups is 1. The van der Waals surface area contributed by atoms with Crippen LogP contribution < -0.4 is 11.3 Å². The molecule has 0 saturated carbocycles. The molecular formula is C25H31N3O2S. The Morgan fingerprint density at radius 1 is 1.03 bits per heavy atom. The number of carbonyl (C=O) groups excluding carboxylic acids is 1. The molecule has 3 rings (SSSR count). The number of nitrogens with two attached hydrogens (primary N) is 1. The van der Waals surface area contributed by atoms with Crippen molar-refractivity contribution in [1.29, 1.82) is 0 Å². The van der Waals surface area contributed by atoms with Crippen molar-refractivity contribution in [2.24, 2.45) is 5.73 Å². The Balaban J connectivity index is 1.79. The van der Waals surface area contributed by atoms with Gasteiger partial charge in [0, 0.05) is 18.7 Å². The standard InChI is InChI=1S/C25H31N3O2S/c1-25(2,3)19-14-12-18(13-15-19)17-31-24-27-21-10-7-6-9-20(21)23(30)28(24)16-8-4-5-11-22(26)29/h6-7,9-10,12-15H,4-5,8,11,16-17H2,1-3H3,(H2,26,29). The van der Waals surface area contributed by atoms with Crippen LogP contribution in [0, 0.1) is 0 Å². The van der Waals surface area contributed by atoms with E-state index in [2.05, 4.69) is 45.0 Å². The number of unbranched alkanes of at least 4 members (excludes halogenated alkanes) is 2. The van der Waals surface area contributed by atoms with Crippen molar-refractivity contribution in [3.8, 4) is 0 Å². The average Bonchev–Trinajstić information content (AvgIpc) is 2.73. The number of fused-ring (bicyclic) bond motifs is 1. The summed E-state index contributed by atoms with van der Waals surface area (Å²) in [5.41, 5.74) is 8.56. The smallest absolute Gasteiger partial charge is 0.262 e. The highest BCUT2D eigenvalue weighted by Crippen LogP contribution is 2.26. The number of thioether (sulfide) groups is 1. The van der Waals surface area contributed by atoms with E-state index in [0.29, 0.717) is 18.4 Å². The Morgan fingerprint density at radius 3 is 2.42 bits per heavy atom. The highest BCUT2D eigenvalue weighted by molar-refractivity contribution is 7.98. The normalized spacial score (nSPS) is 11.7. The van der Waals surface area contributed by atoms with Crippen LogP contribution in [0.1, 0.15) is 57.6 Å². The maximum Gasteiger partial charge on any atom is 0.262 e. The molecule has 0 saturated heterocycles. The van der Waals surface area contributed by atoms with Gasteiger partial charge in [0.25, 0.3) is 5.56 Å². The first-order chi connectivity index (χ1) is 14.8. The summed E-state index contributed by atoms with van der Waals surface area (Å²) in [5, 5.41) is 1.37. The monoisotopic (exact) mass is 437 g/mol. The van der Waals surface area contributed by atoms with Crippen LogP contribution in [-0.2, 0) is 22.5 Å². The number of benzene rings is 2. The maximum absolute atomic E-state index is 13.1. The van der Waals surface area contributed by atoms with E-state index >= 15 is 0 Å². The zero-order valence-corrected chi connectivity index (χ0v) is 19.4. The molecule has 0 aliphatic heterocycles. The topological polar surface area (TPSA) is 78.0 Å². The first-order valence-corrected chi connectivity index (χ1v) is 11.7. The average molecular weight is 438 g/mol. The van der Waals surface area contributed by atoms with E-state index in [9.17, 15) is 9.59 Å². The van der Waals surface area contributed by atoms with Gasteiger partial charge in [0.2, 0.25) is 5.91 Å². The lowest BCUT2D eigenvalue weighted by molar-refractivity contribution is -0.118. The number of rotatable bonds is 9. The van der Waals surface area contributed by atoms with Gasteiger partial charge < -0.3 is 5.73 Å². The van der Waals surface area contributed by atoms with Crippen molar-refractivity contribution >= 4 is 28.6 Å². The van der Waals surface area contributed by atoms with E-state index in [-0.39, 0.29) is 16.9 Å². The molecule has 3 aromatic rings. The van der Waals surface area contributed by atoms with Crippen molar-refractivity contribution in [2.45, 2.75) is 69.3 Å². The van der Waals surface area contributed by atoms with Crippen LogP contribution in [0.5, 0.6) is 0 Å². The fourth-order valence-corrected chi connectivity index (χ4v) is 4.43. The van der Waals surface area contributed by atoms with E-state index in [1.807, 2.05) is 24.3 Å². The Bertz CT molecular complexity index is 1100. The third-order valence-corrected chi connectivity index (χ3v) is 6.37. The van der Waals surface area contributed by atoms with Crippen LogP contribution in [-0.4, -0.2) is 15.5 Å². The fraction of sp³-hybridized carbons (Fsp3) is 0.400. The van der Waals surface area contributed by atoms with Gasteiger partial charge in [-0.3, -0.25) is 14.2 Å². The number of hydrogen-bond acceptors (Lipinski definition) is 4. The third-order valence-electron chi connectivity index (χ3n) is 5.32. The third kappa shape index (κ3) is 6.20. The zero-order chi connectivity index (χ0) is 22.4. The van der Waals surface area contributed by atoms with E-state index in [0.717, 1.165) is 35.7 Å². The van der Waals surface area contributed by atoms with E-state index < -0.39 is 0 Å². The molecule has 1 heterocycles. The van der Waals surface area contributed by atoms with Gasteiger partial charge in [-0.1, -0.05) is 75.4 Å². The lowest BCUT2D eigenvalue weighted by Gasteiger charge is -2.19. The first-order valence-electron chi connectivity index (χ1n) is 10.8. The SMILES string of the molecule is CC(C)(C)c1ccc(CSc2nc3ccccc3c(=O)n2CCCCCC(N)=O)cc1. The predicted molar refractivity (Wildman–Crippen MR) is 128 cm³/mol. The van der Waals surface area contributed by atoms with Crippen molar-refractivity contribution in [1.82, 2.24) is 9.55 Å². The minimum Gasteiger partial charge on any atom is -0.370 e. The van der Waals surface area contributed by atoms with Gasteiger partial charge in [-0.05, 0) is 41.5 Å². The molecule has 0 fully saturated rings. The van der Waals surface area contributed by atoms with Gasteiger partial charge in [0.05, 0.1) is 10.9 Å². The zero-order valence-electron chi connectivity index (χ0n) is 18.6. The second-order valence-electron chi connectivity index (χ2n) is 8.88. The molecule has 0 aliphatic rings. The molecule has 0 spiro atoms. The number of hydrogen-bond donors (Lipinski definition) is 1. The molecule has 164 valence electrons. The number of amides is 1. The quantitative estimate of drug-likeness (QED) is 0.289. The molecule has 0 unspecified atom stereocenters. The first kappa shape index (κ1) is 23.1. The fourth-order valence-electron chi connectivity index (χ4n) is 3.45. The molecule has 1 aromatic heterocycles. The summed E-state index contributed by atoms with van der Waals surface area (Å²) in [5.74, 6) is 0.468. The maximum atomic E-state index is 13.1. The van der Waals surface area contributed by atoms with Crippen LogP contribution in [0.25, 0.3) is 10.9 Å². The highest BCUT2D eigenvalue weighted by atomic mass is 32.2. The molecule has 0 aliphatic carbocycles. The van der Waals surface area contributed by atoms with Gasteiger partial charge in [0.1, 0.15) is 0 Å². The molecule has 5 nitrogen and oxygen atoms in total. The number of para-hydroxylation sites is 1. The molecule has 6 heteroatoms. The number of primary amides is 1. The predicted octanol–water partition coefficient (Wildman–Crippen LogP) is 5.03. The summed E-state index contributed by atoms with van der Waals surface area (Å²) in [6.07, 6.45) is 2.78. The van der Waals surface area contributed by atoms with E-state index in [4.69, 9.17) is 10.7 Å². The highest BCUT2D eigenvalue weighted by Gasteiger charge is 2.14.